The maximum absolute atomic E-state index is 7.35. The Morgan fingerprint density at radius 3 is 2.85 bits per heavy atom. The lowest BCUT2D eigenvalue weighted by Crippen LogP contribution is -2.23. The van der Waals surface area contributed by atoms with E-state index in [0.717, 1.165) is 17.1 Å². The van der Waals surface area contributed by atoms with Gasteiger partial charge in [-0.1, -0.05) is 6.92 Å². The quantitative estimate of drug-likeness (QED) is 0.443. The van der Waals surface area contributed by atoms with Crippen LogP contribution in [0.4, 0.5) is 0 Å². The van der Waals surface area contributed by atoms with Gasteiger partial charge >= 0.3 is 0 Å². The molecule has 0 aliphatic rings. The molecule has 3 nitrogen and oxygen atoms in total. The van der Waals surface area contributed by atoms with Crippen molar-refractivity contribution >= 4 is 17.6 Å². The average molecular weight is 198 g/mol. The number of rotatable bonds is 4. The highest BCUT2D eigenvalue weighted by Crippen LogP contribution is 2.28. The Morgan fingerprint density at radius 2 is 2.46 bits per heavy atom. The maximum Gasteiger partial charge on any atom is 0.114 e. The summed E-state index contributed by atoms with van der Waals surface area (Å²) in [5.74, 6) is 1.12. The lowest BCUT2D eigenvalue weighted by molar-refractivity contribution is 0.527. The van der Waals surface area contributed by atoms with E-state index in [4.69, 9.17) is 15.6 Å². The number of nitrogens with one attached hydrogen (secondary N) is 1. The fourth-order valence-corrected chi connectivity index (χ4v) is 1.96. The molecule has 0 radical (unpaired) electrons. The summed E-state index contributed by atoms with van der Waals surface area (Å²) in [6.07, 6.45) is 2.52. The first kappa shape index (κ1) is 10.2. The van der Waals surface area contributed by atoms with Crippen LogP contribution in [-0.2, 0) is 0 Å². The third-order valence-corrected chi connectivity index (χ3v) is 3.35. The molecule has 1 heterocycles. The molecule has 0 aliphatic heterocycles. The second-order valence-electron chi connectivity index (χ2n) is 2.81. The molecule has 0 saturated carbocycles. The van der Waals surface area contributed by atoms with Crippen LogP contribution >= 0.6 is 11.8 Å². The Kier molecular flexibility index (Phi) is 3.42. The van der Waals surface area contributed by atoms with Crippen LogP contribution in [0.3, 0.4) is 0 Å². The number of nitrogens with two attached hydrogens (primary N) is 1. The van der Waals surface area contributed by atoms with Gasteiger partial charge in [-0.25, -0.2) is 0 Å². The fraction of sp³-hybridized carbons (Fsp3) is 0.444. The SMILES string of the molecule is CCC(Sc1ccoc1C)C(=N)N. The summed E-state index contributed by atoms with van der Waals surface area (Å²) >= 11 is 1.59. The van der Waals surface area contributed by atoms with E-state index >= 15 is 0 Å². The molecule has 72 valence electrons. The molecule has 0 amide bonds. The highest BCUT2D eigenvalue weighted by molar-refractivity contribution is 8.00. The summed E-state index contributed by atoms with van der Waals surface area (Å²) in [7, 11) is 0. The lowest BCUT2D eigenvalue weighted by atomic mass is 10.3. The lowest BCUT2D eigenvalue weighted by Gasteiger charge is -2.11. The Morgan fingerprint density at radius 1 is 1.77 bits per heavy atom. The number of thioether (sulfide) groups is 1. The zero-order valence-corrected chi connectivity index (χ0v) is 8.65. The van der Waals surface area contributed by atoms with Crippen LogP contribution in [-0.4, -0.2) is 11.1 Å². The Hall–Kier alpha value is -0.900. The van der Waals surface area contributed by atoms with Crippen LogP contribution in [0.1, 0.15) is 19.1 Å². The van der Waals surface area contributed by atoms with E-state index in [0.29, 0.717) is 0 Å². The monoisotopic (exact) mass is 198 g/mol. The largest absolute Gasteiger partial charge is 0.468 e. The summed E-state index contributed by atoms with van der Waals surface area (Å²) in [6.45, 7) is 3.93. The summed E-state index contributed by atoms with van der Waals surface area (Å²) in [5.41, 5.74) is 5.45. The van der Waals surface area contributed by atoms with Gasteiger partial charge in [0.1, 0.15) is 11.6 Å². The van der Waals surface area contributed by atoms with Crippen LogP contribution in [0.25, 0.3) is 0 Å². The summed E-state index contributed by atoms with van der Waals surface area (Å²) < 4.78 is 5.16. The van der Waals surface area contributed by atoms with Gasteiger partial charge in [-0.15, -0.1) is 11.8 Å². The smallest absolute Gasteiger partial charge is 0.114 e. The Bertz CT molecular complexity index is 296. The average Bonchev–Trinajstić information content (AvgIpc) is 2.46. The van der Waals surface area contributed by atoms with Crippen molar-refractivity contribution < 1.29 is 4.42 Å². The maximum atomic E-state index is 7.35. The molecule has 1 unspecified atom stereocenters. The molecule has 0 saturated heterocycles. The van der Waals surface area contributed by atoms with Crippen LogP contribution in [0, 0.1) is 12.3 Å². The predicted molar refractivity (Wildman–Crippen MR) is 55.3 cm³/mol. The van der Waals surface area contributed by atoms with Crippen LogP contribution in [0.15, 0.2) is 21.6 Å². The molecule has 13 heavy (non-hydrogen) atoms. The second-order valence-corrected chi connectivity index (χ2v) is 4.06. The first-order chi connectivity index (χ1) is 6.15. The molecular formula is C9H14N2OS. The first-order valence-electron chi connectivity index (χ1n) is 4.19. The molecule has 4 heteroatoms. The standard InChI is InChI=1S/C9H14N2OS/c1-3-7(9(10)11)13-8-4-5-12-6(8)2/h4-5,7H,3H2,1-2H3,(H3,10,11). The van der Waals surface area contributed by atoms with Gasteiger partial charge in [0.2, 0.25) is 0 Å². The predicted octanol–water partition coefficient (Wildman–Crippen LogP) is 2.39. The molecule has 1 rings (SSSR count). The normalized spacial score (nSPS) is 12.8. The Balaban J connectivity index is 2.67. The van der Waals surface area contributed by atoms with E-state index in [1.807, 2.05) is 19.9 Å². The fourth-order valence-electron chi connectivity index (χ4n) is 1.02. The number of amidine groups is 1. The number of hydrogen-bond acceptors (Lipinski definition) is 3. The molecule has 0 bridgehead atoms. The van der Waals surface area contributed by atoms with Gasteiger partial charge < -0.3 is 10.2 Å². The van der Waals surface area contributed by atoms with Gasteiger partial charge in [0.25, 0.3) is 0 Å². The van der Waals surface area contributed by atoms with Crippen LogP contribution in [0.5, 0.6) is 0 Å². The number of aryl methyl sites for hydroxylation is 1. The van der Waals surface area contributed by atoms with Crippen molar-refractivity contribution in [3.63, 3.8) is 0 Å². The van der Waals surface area contributed by atoms with Crippen LogP contribution < -0.4 is 5.73 Å². The van der Waals surface area contributed by atoms with Crippen molar-refractivity contribution in [2.75, 3.05) is 0 Å². The van der Waals surface area contributed by atoms with Gasteiger partial charge in [-0.2, -0.15) is 0 Å². The van der Waals surface area contributed by atoms with Crippen molar-refractivity contribution in [3.05, 3.63) is 18.1 Å². The zero-order valence-electron chi connectivity index (χ0n) is 7.83. The van der Waals surface area contributed by atoms with Gasteiger partial charge in [-0.3, -0.25) is 5.41 Å². The highest BCUT2D eigenvalue weighted by Gasteiger charge is 2.13. The number of hydrogen-bond donors (Lipinski definition) is 2. The van der Waals surface area contributed by atoms with Crippen molar-refractivity contribution in [2.24, 2.45) is 5.73 Å². The van der Waals surface area contributed by atoms with Crippen LogP contribution in [0.2, 0.25) is 0 Å². The molecule has 3 N–H and O–H groups in total. The molecule has 1 aromatic rings. The van der Waals surface area contributed by atoms with Gasteiger partial charge in [-0.05, 0) is 19.4 Å². The minimum Gasteiger partial charge on any atom is -0.468 e. The molecule has 0 aliphatic carbocycles. The minimum atomic E-state index is 0.0660. The molecular weight excluding hydrogens is 184 g/mol. The molecule has 1 atom stereocenters. The van der Waals surface area contributed by atoms with Crippen molar-refractivity contribution in [2.45, 2.75) is 30.4 Å². The van der Waals surface area contributed by atoms with Crippen molar-refractivity contribution in [1.29, 1.82) is 5.41 Å². The first-order valence-corrected chi connectivity index (χ1v) is 5.07. The Labute approximate surface area is 82.2 Å². The topological polar surface area (TPSA) is 63.0 Å². The highest BCUT2D eigenvalue weighted by atomic mass is 32.2. The van der Waals surface area contributed by atoms with E-state index < -0.39 is 0 Å². The van der Waals surface area contributed by atoms with E-state index in [9.17, 15) is 0 Å². The molecule has 0 spiro atoms. The van der Waals surface area contributed by atoms with Gasteiger partial charge in [0.05, 0.1) is 11.5 Å². The minimum absolute atomic E-state index is 0.0660. The zero-order chi connectivity index (χ0) is 9.84. The van der Waals surface area contributed by atoms with Crippen molar-refractivity contribution in [3.8, 4) is 0 Å². The van der Waals surface area contributed by atoms with E-state index in [-0.39, 0.29) is 11.1 Å². The van der Waals surface area contributed by atoms with E-state index in [2.05, 4.69) is 0 Å². The summed E-state index contributed by atoms with van der Waals surface area (Å²) in [6, 6.07) is 1.91. The van der Waals surface area contributed by atoms with Gasteiger partial charge in [0.15, 0.2) is 0 Å². The third kappa shape index (κ3) is 2.52. The molecule has 1 aromatic heterocycles. The number of furan rings is 1. The third-order valence-electron chi connectivity index (χ3n) is 1.80. The summed E-state index contributed by atoms with van der Waals surface area (Å²) in [4.78, 5) is 1.07. The van der Waals surface area contributed by atoms with E-state index in [1.54, 1.807) is 18.0 Å². The second kappa shape index (κ2) is 4.37. The molecule has 0 aromatic carbocycles. The summed E-state index contributed by atoms with van der Waals surface area (Å²) in [5, 5.41) is 7.42. The van der Waals surface area contributed by atoms with E-state index in [1.165, 1.54) is 0 Å². The van der Waals surface area contributed by atoms with Crippen molar-refractivity contribution in [1.82, 2.24) is 0 Å². The molecule has 0 fully saturated rings. The van der Waals surface area contributed by atoms with Gasteiger partial charge in [0, 0.05) is 4.90 Å².